The minimum atomic E-state index is -1.10. The van der Waals surface area contributed by atoms with Crippen molar-refractivity contribution in [2.24, 2.45) is 17.8 Å². The standard InChI is InChI=1S/C30H48ClN3O3/c1-3-28(35)33-16-9-15-30(37,25-12-7-14-27(31)20-25)26-13-8-17-34(22-26)29(36)19-24(21-32-2)18-23-10-5-4-6-11-23/h7,12,14,20,23-24,26,32,37H,3-6,8-11,13,15-19,21-22H2,1-2H3,(H,33,35)/t24-,26-,30-/m1/s1. The molecule has 1 saturated carbocycles. The second-order valence-electron chi connectivity index (χ2n) is 11.3. The van der Waals surface area contributed by atoms with E-state index in [4.69, 9.17) is 11.6 Å². The van der Waals surface area contributed by atoms with Gasteiger partial charge in [0.1, 0.15) is 0 Å². The van der Waals surface area contributed by atoms with Gasteiger partial charge in [-0.05, 0) is 75.2 Å². The van der Waals surface area contributed by atoms with Gasteiger partial charge >= 0.3 is 0 Å². The van der Waals surface area contributed by atoms with Crippen molar-refractivity contribution >= 4 is 23.4 Å². The van der Waals surface area contributed by atoms with Gasteiger partial charge in [0.05, 0.1) is 5.60 Å². The van der Waals surface area contributed by atoms with Gasteiger partial charge in [0.25, 0.3) is 0 Å². The monoisotopic (exact) mass is 533 g/mol. The van der Waals surface area contributed by atoms with Gasteiger partial charge in [-0.2, -0.15) is 0 Å². The number of piperidine rings is 1. The van der Waals surface area contributed by atoms with Crippen molar-refractivity contribution in [1.29, 1.82) is 0 Å². The summed E-state index contributed by atoms with van der Waals surface area (Å²) in [4.78, 5) is 27.2. The van der Waals surface area contributed by atoms with Crippen LogP contribution in [0.2, 0.25) is 5.02 Å². The molecular weight excluding hydrogens is 486 g/mol. The highest BCUT2D eigenvalue weighted by molar-refractivity contribution is 6.30. The summed E-state index contributed by atoms with van der Waals surface area (Å²) in [5.41, 5.74) is -0.306. The van der Waals surface area contributed by atoms with Crippen LogP contribution in [0, 0.1) is 17.8 Å². The SMILES string of the molecule is CCC(=O)NCCC[C@@](O)(c1cccc(Cl)c1)[C@@H]1CCCN(C(=O)C[C@H](CNC)CC2CCCCC2)C1. The van der Waals surface area contributed by atoms with Gasteiger partial charge < -0.3 is 20.6 Å². The molecular formula is C30H48ClN3O3. The predicted molar refractivity (Wildman–Crippen MR) is 150 cm³/mol. The third kappa shape index (κ3) is 8.97. The number of benzene rings is 1. The summed E-state index contributed by atoms with van der Waals surface area (Å²) in [5, 5.41) is 18.9. The molecule has 1 aromatic carbocycles. The fourth-order valence-corrected chi connectivity index (χ4v) is 6.63. The summed E-state index contributed by atoms with van der Waals surface area (Å²) >= 11 is 6.32. The van der Waals surface area contributed by atoms with Crippen molar-refractivity contribution in [3.8, 4) is 0 Å². The molecule has 1 saturated heterocycles. The third-order valence-corrected chi connectivity index (χ3v) is 8.73. The first kappa shape index (κ1) is 29.9. The molecule has 0 spiro atoms. The summed E-state index contributed by atoms with van der Waals surface area (Å²) in [6.45, 7) is 4.54. The van der Waals surface area contributed by atoms with Crippen LogP contribution in [0.4, 0.5) is 0 Å². The molecule has 1 aromatic rings. The molecule has 208 valence electrons. The minimum absolute atomic E-state index is 0.0186. The molecule has 3 rings (SSSR count). The maximum atomic E-state index is 13.5. The third-order valence-electron chi connectivity index (χ3n) is 8.50. The number of hydrogen-bond acceptors (Lipinski definition) is 4. The van der Waals surface area contributed by atoms with Crippen LogP contribution >= 0.6 is 11.6 Å². The lowest BCUT2D eigenvalue weighted by Gasteiger charge is -2.43. The second-order valence-corrected chi connectivity index (χ2v) is 11.7. The highest BCUT2D eigenvalue weighted by Crippen LogP contribution is 2.40. The average molecular weight is 534 g/mol. The molecule has 1 heterocycles. The Morgan fingerprint density at radius 1 is 1.19 bits per heavy atom. The molecule has 1 aliphatic heterocycles. The first-order valence-electron chi connectivity index (χ1n) is 14.5. The van der Waals surface area contributed by atoms with Crippen molar-refractivity contribution in [2.45, 2.75) is 89.6 Å². The van der Waals surface area contributed by atoms with Gasteiger partial charge in [-0.25, -0.2) is 0 Å². The molecule has 3 N–H and O–H groups in total. The highest BCUT2D eigenvalue weighted by atomic mass is 35.5. The van der Waals surface area contributed by atoms with Gasteiger partial charge in [0.2, 0.25) is 11.8 Å². The summed E-state index contributed by atoms with van der Waals surface area (Å²) in [5.74, 6) is 1.26. The lowest BCUT2D eigenvalue weighted by molar-refractivity contribution is -0.138. The Balaban J connectivity index is 1.68. The molecule has 7 heteroatoms. The number of halogens is 1. The quantitative estimate of drug-likeness (QED) is 0.302. The summed E-state index contributed by atoms with van der Waals surface area (Å²) in [6, 6.07) is 7.48. The van der Waals surface area contributed by atoms with Crippen LogP contribution in [-0.4, -0.2) is 55.0 Å². The normalized spacial score (nSPS) is 21.3. The number of hydrogen-bond donors (Lipinski definition) is 3. The number of carbonyl (C=O) groups excluding carboxylic acids is 2. The van der Waals surface area contributed by atoms with Crippen LogP contribution in [0.1, 0.15) is 89.5 Å². The van der Waals surface area contributed by atoms with Crippen LogP contribution in [0.25, 0.3) is 0 Å². The van der Waals surface area contributed by atoms with Crippen LogP contribution < -0.4 is 10.6 Å². The number of aliphatic hydroxyl groups is 1. The van der Waals surface area contributed by atoms with Crippen molar-refractivity contribution in [3.63, 3.8) is 0 Å². The zero-order chi connectivity index (χ0) is 26.7. The largest absolute Gasteiger partial charge is 0.385 e. The average Bonchev–Trinajstić information content (AvgIpc) is 2.91. The predicted octanol–water partition coefficient (Wildman–Crippen LogP) is 5.27. The highest BCUT2D eigenvalue weighted by Gasteiger charge is 2.41. The van der Waals surface area contributed by atoms with Gasteiger partial charge in [-0.1, -0.05) is 62.8 Å². The second kappa shape index (κ2) is 15.1. The van der Waals surface area contributed by atoms with Gasteiger partial charge in [-0.3, -0.25) is 9.59 Å². The Hall–Kier alpha value is -1.63. The van der Waals surface area contributed by atoms with E-state index in [1.807, 2.05) is 43.1 Å². The molecule has 2 fully saturated rings. The van der Waals surface area contributed by atoms with E-state index in [-0.39, 0.29) is 17.7 Å². The molecule has 0 bridgehead atoms. The molecule has 2 amide bonds. The summed E-state index contributed by atoms with van der Waals surface area (Å²) in [6.07, 6.45) is 11.6. The smallest absolute Gasteiger partial charge is 0.222 e. The maximum Gasteiger partial charge on any atom is 0.222 e. The minimum Gasteiger partial charge on any atom is -0.385 e. The van der Waals surface area contributed by atoms with Gasteiger partial charge in [0, 0.05) is 43.4 Å². The fraction of sp³-hybridized carbons (Fsp3) is 0.733. The first-order chi connectivity index (χ1) is 17.9. The number of rotatable bonds is 13. The number of nitrogens with one attached hydrogen (secondary N) is 2. The van der Waals surface area contributed by atoms with E-state index in [0.717, 1.165) is 43.8 Å². The molecule has 3 atom stereocenters. The van der Waals surface area contributed by atoms with Crippen molar-refractivity contribution in [1.82, 2.24) is 15.5 Å². The fourth-order valence-electron chi connectivity index (χ4n) is 6.44. The van der Waals surface area contributed by atoms with Crippen molar-refractivity contribution in [3.05, 3.63) is 34.9 Å². The van der Waals surface area contributed by atoms with Crippen LogP contribution in [-0.2, 0) is 15.2 Å². The lowest BCUT2D eigenvalue weighted by Crippen LogP contribution is -2.49. The summed E-state index contributed by atoms with van der Waals surface area (Å²) in [7, 11) is 1.98. The zero-order valence-corrected chi connectivity index (χ0v) is 23.7. The van der Waals surface area contributed by atoms with Crippen LogP contribution in [0.15, 0.2) is 24.3 Å². The van der Waals surface area contributed by atoms with E-state index < -0.39 is 5.60 Å². The van der Waals surface area contributed by atoms with E-state index in [2.05, 4.69) is 10.6 Å². The number of nitrogens with zero attached hydrogens (tertiary/aromatic N) is 1. The van der Waals surface area contributed by atoms with E-state index in [0.29, 0.717) is 49.7 Å². The van der Waals surface area contributed by atoms with Crippen molar-refractivity contribution in [2.75, 3.05) is 33.2 Å². The number of amides is 2. The van der Waals surface area contributed by atoms with Gasteiger partial charge in [0.15, 0.2) is 0 Å². The first-order valence-corrected chi connectivity index (χ1v) is 14.9. The molecule has 37 heavy (non-hydrogen) atoms. The van der Waals surface area contributed by atoms with Gasteiger partial charge in [-0.15, -0.1) is 0 Å². The Morgan fingerprint density at radius 3 is 2.68 bits per heavy atom. The Kier molecular flexibility index (Phi) is 12.2. The lowest BCUT2D eigenvalue weighted by atomic mass is 9.74. The van der Waals surface area contributed by atoms with Crippen LogP contribution in [0.5, 0.6) is 0 Å². The van der Waals surface area contributed by atoms with E-state index >= 15 is 0 Å². The van der Waals surface area contributed by atoms with E-state index in [9.17, 15) is 14.7 Å². The molecule has 0 unspecified atom stereocenters. The Bertz CT molecular complexity index is 860. The Morgan fingerprint density at radius 2 is 1.97 bits per heavy atom. The van der Waals surface area contributed by atoms with Crippen LogP contribution in [0.3, 0.4) is 0 Å². The topological polar surface area (TPSA) is 81.7 Å². The molecule has 2 aliphatic rings. The number of likely N-dealkylation sites (tertiary alicyclic amines) is 1. The summed E-state index contributed by atoms with van der Waals surface area (Å²) < 4.78 is 0. The zero-order valence-electron chi connectivity index (χ0n) is 22.9. The van der Waals surface area contributed by atoms with E-state index in [1.165, 1.54) is 32.1 Å². The van der Waals surface area contributed by atoms with Crippen molar-refractivity contribution < 1.29 is 14.7 Å². The Labute approximate surface area is 228 Å². The molecule has 0 aromatic heterocycles. The molecule has 1 aliphatic carbocycles. The van der Waals surface area contributed by atoms with E-state index in [1.54, 1.807) is 0 Å². The molecule has 0 radical (unpaired) electrons. The number of carbonyl (C=O) groups is 2. The molecule has 6 nitrogen and oxygen atoms in total. The maximum absolute atomic E-state index is 13.5.